The fourth-order valence-corrected chi connectivity index (χ4v) is 2.67. The summed E-state index contributed by atoms with van der Waals surface area (Å²) in [6.45, 7) is 5.06. The van der Waals surface area contributed by atoms with Gasteiger partial charge in [-0.1, -0.05) is 18.2 Å². The molecule has 27 heavy (non-hydrogen) atoms. The van der Waals surface area contributed by atoms with E-state index in [4.69, 9.17) is 4.74 Å². The second kappa shape index (κ2) is 8.27. The quantitative estimate of drug-likeness (QED) is 0.827. The van der Waals surface area contributed by atoms with Gasteiger partial charge in [-0.25, -0.2) is 4.90 Å². The van der Waals surface area contributed by atoms with Gasteiger partial charge in [0.2, 0.25) is 23.6 Å². The van der Waals surface area contributed by atoms with E-state index in [1.807, 2.05) is 6.07 Å². The summed E-state index contributed by atoms with van der Waals surface area (Å²) in [5.74, 6) is -1.25. The Kier molecular flexibility index (Phi) is 6.07. The van der Waals surface area contributed by atoms with Gasteiger partial charge in [0.15, 0.2) is 5.75 Å². The topological polar surface area (TPSA) is 84.0 Å². The minimum Gasteiger partial charge on any atom is -0.455 e. The molecule has 0 unspecified atom stereocenters. The molecule has 0 saturated heterocycles. The fraction of sp³-hybridized carbons (Fsp3) is 0.200. The highest BCUT2D eigenvalue weighted by Crippen LogP contribution is 2.36. The predicted molar refractivity (Wildman–Crippen MR) is 101 cm³/mol. The van der Waals surface area contributed by atoms with Crippen LogP contribution in [0.5, 0.6) is 11.5 Å². The number of hydrogen-bond donors (Lipinski definition) is 0. The fourth-order valence-electron chi connectivity index (χ4n) is 2.67. The SMILES string of the molecule is CC(=O)N(C(C)=O)c1ccc(N(C(C)=O)C(C)=O)c(Oc2ccccc2)c1. The predicted octanol–water partition coefficient (Wildman–Crippen LogP) is 3.28. The van der Waals surface area contributed by atoms with Crippen LogP contribution >= 0.6 is 0 Å². The lowest BCUT2D eigenvalue weighted by atomic mass is 10.2. The van der Waals surface area contributed by atoms with Crippen molar-refractivity contribution in [3.05, 3.63) is 48.5 Å². The molecule has 7 nitrogen and oxygen atoms in total. The van der Waals surface area contributed by atoms with Gasteiger partial charge in [0, 0.05) is 33.8 Å². The molecule has 0 saturated carbocycles. The van der Waals surface area contributed by atoms with Crippen LogP contribution in [0.15, 0.2) is 48.5 Å². The second-order valence-electron chi connectivity index (χ2n) is 5.81. The Morgan fingerprint density at radius 1 is 0.704 bits per heavy atom. The van der Waals surface area contributed by atoms with Crippen LogP contribution in [0.2, 0.25) is 0 Å². The molecule has 2 rings (SSSR count). The number of anilines is 2. The van der Waals surface area contributed by atoms with E-state index in [2.05, 4.69) is 0 Å². The number of benzene rings is 2. The molecule has 2 aromatic rings. The van der Waals surface area contributed by atoms with E-state index < -0.39 is 23.6 Å². The van der Waals surface area contributed by atoms with Crippen molar-refractivity contribution in [2.75, 3.05) is 9.80 Å². The molecule has 140 valence electrons. The summed E-state index contributed by atoms with van der Waals surface area (Å²) in [6, 6.07) is 13.2. The van der Waals surface area contributed by atoms with Gasteiger partial charge >= 0.3 is 0 Å². The molecule has 0 atom stereocenters. The zero-order valence-electron chi connectivity index (χ0n) is 15.6. The maximum absolute atomic E-state index is 12.0. The van der Waals surface area contributed by atoms with Gasteiger partial charge in [-0.3, -0.25) is 24.1 Å². The van der Waals surface area contributed by atoms with Crippen LogP contribution in [0.1, 0.15) is 27.7 Å². The Morgan fingerprint density at radius 2 is 1.22 bits per heavy atom. The molecule has 0 fully saturated rings. The number of ether oxygens (including phenoxy) is 1. The summed E-state index contributed by atoms with van der Waals surface area (Å²) >= 11 is 0. The molecule has 0 aliphatic rings. The summed E-state index contributed by atoms with van der Waals surface area (Å²) in [5, 5.41) is 0. The molecule has 0 heterocycles. The Bertz CT molecular complexity index is 865. The molecule has 0 aliphatic heterocycles. The number of para-hydroxylation sites is 1. The first-order chi connectivity index (χ1) is 12.7. The van der Waals surface area contributed by atoms with Gasteiger partial charge < -0.3 is 4.74 Å². The van der Waals surface area contributed by atoms with Gasteiger partial charge in [0.05, 0.1) is 11.4 Å². The number of nitrogens with zero attached hydrogens (tertiary/aromatic N) is 2. The summed E-state index contributed by atoms with van der Waals surface area (Å²) < 4.78 is 5.85. The standard InChI is InChI=1S/C20H20N2O5/c1-13(23)21(14(2)24)17-10-11-19(22(15(3)25)16(4)26)20(12-17)27-18-8-6-5-7-9-18/h5-12H,1-4H3. The third kappa shape index (κ3) is 4.58. The van der Waals surface area contributed by atoms with Crippen LogP contribution in [-0.2, 0) is 19.2 Å². The minimum absolute atomic E-state index is 0.164. The highest BCUT2D eigenvalue weighted by Gasteiger charge is 2.24. The smallest absolute Gasteiger partial charge is 0.230 e. The molecule has 2 aromatic carbocycles. The molecule has 0 aromatic heterocycles. The van der Waals surface area contributed by atoms with E-state index in [0.717, 1.165) is 9.80 Å². The van der Waals surface area contributed by atoms with Crippen molar-refractivity contribution in [1.82, 2.24) is 0 Å². The Morgan fingerprint density at radius 3 is 1.70 bits per heavy atom. The minimum atomic E-state index is -0.483. The van der Waals surface area contributed by atoms with Crippen LogP contribution in [0, 0.1) is 0 Å². The number of amides is 4. The van der Waals surface area contributed by atoms with Crippen LogP contribution in [0.3, 0.4) is 0 Å². The highest BCUT2D eigenvalue weighted by atomic mass is 16.5. The maximum Gasteiger partial charge on any atom is 0.230 e. The van der Waals surface area contributed by atoms with Crippen molar-refractivity contribution in [3.8, 4) is 11.5 Å². The van der Waals surface area contributed by atoms with Crippen molar-refractivity contribution < 1.29 is 23.9 Å². The lowest BCUT2D eigenvalue weighted by Gasteiger charge is -2.23. The number of carbonyl (C=O) groups is 4. The van der Waals surface area contributed by atoms with Crippen LogP contribution in [0.25, 0.3) is 0 Å². The number of imide groups is 2. The van der Waals surface area contributed by atoms with Gasteiger partial charge in [-0.05, 0) is 24.3 Å². The zero-order valence-corrected chi connectivity index (χ0v) is 15.6. The molecule has 0 aliphatic carbocycles. The summed E-state index contributed by atoms with van der Waals surface area (Å²) in [4.78, 5) is 49.5. The molecule has 4 amide bonds. The monoisotopic (exact) mass is 368 g/mol. The molecule has 0 radical (unpaired) electrons. The van der Waals surface area contributed by atoms with E-state index in [1.165, 1.54) is 45.9 Å². The van der Waals surface area contributed by atoms with Crippen molar-refractivity contribution in [3.63, 3.8) is 0 Å². The van der Waals surface area contributed by atoms with Crippen LogP contribution < -0.4 is 14.5 Å². The van der Waals surface area contributed by atoms with E-state index >= 15 is 0 Å². The maximum atomic E-state index is 12.0. The molecular formula is C20H20N2O5. The third-order valence-electron chi connectivity index (χ3n) is 3.67. The van der Waals surface area contributed by atoms with Gasteiger partial charge in [0.25, 0.3) is 0 Å². The van der Waals surface area contributed by atoms with Gasteiger partial charge in [-0.2, -0.15) is 0 Å². The van der Waals surface area contributed by atoms with Crippen molar-refractivity contribution in [2.45, 2.75) is 27.7 Å². The summed E-state index contributed by atoms with van der Waals surface area (Å²) in [7, 11) is 0. The normalized spacial score (nSPS) is 10.1. The Hall–Kier alpha value is -3.48. The molecular weight excluding hydrogens is 348 g/mol. The zero-order chi connectivity index (χ0) is 20.1. The number of carbonyl (C=O) groups excluding carboxylic acids is 4. The van der Waals surface area contributed by atoms with Gasteiger partial charge in [-0.15, -0.1) is 0 Å². The van der Waals surface area contributed by atoms with Gasteiger partial charge in [0.1, 0.15) is 5.75 Å². The van der Waals surface area contributed by atoms with Crippen LogP contribution in [-0.4, -0.2) is 23.6 Å². The third-order valence-corrected chi connectivity index (χ3v) is 3.67. The lowest BCUT2D eigenvalue weighted by Crippen LogP contribution is -2.34. The van der Waals surface area contributed by atoms with E-state index in [-0.39, 0.29) is 17.1 Å². The molecule has 7 heteroatoms. The molecule has 0 spiro atoms. The molecule has 0 N–H and O–H groups in total. The van der Waals surface area contributed by atoms with Crippen molar-refractivity contribution >= 4 is 35.0 Å². The van der Waals surface area contributed by atoms with E-state index in [1.54, 1.807) is 24.3 Å². The van der Waals surface area contributed by atoms with Crippen molar-refractivity contribution in [2.24, 2.45) is 0 Å². The Balaban J connectivity index is 2.62. The number of rotatable bonds is 4. The largest absolute Gasteiger partial charge is 0.455 e. The first-order valence-corrected chi connectivity index (χ1v) is 8.22. The van der Waals surface area contributed by atoms with Crippen LogP contribution in [0.4, 0.5) is 11.4 Å². The van der Waals surface area contributed by atoms with E-state index in [0.29, 0.717) is 5.75 Å². The first-order valence-electron chi connectivity index (χ1n) is 8.22. The highest BCUT2D eigenvalue weighted by molar-refractivity contribution is 6.15. The summed E-state index contributed by atoms with van der Waals surface area (Å²) in [5.41, 5.74) is 0.492. The first kappa shape index (κ1) is 19.8. The van der Waals surface area contributed by atoms with E-state index in [9.17, 15) is 19.2 Å². The van der Waals surface area contributed by atoms with Crippen molar-refractivity contribution in [1.29, 1.82) is 0 Å². The Labute approximate surface area is 157 Å². The lowest BCUT2D eigenvalue weighted by molar-refractivity contribution is -0.126. The summed E-state index contributed by atoms with van der Waals surface area (Å²) in [6.07, 6.45) is 0. The molecule has 0 bridgehead atoms. The average Bonchev–Trinajstić information content (AvgIpc) is 2.56. The average molecular weight is 368 g/mol. The number of hydrogen-bond acceptors (Lipinski definition) is 5. The second-order valence-corrected chi connectivity index (χ2v) is 5.81.